The van der Waals surface area contributed by atoms with Crippen molar-refractivity contribution in [2.24, 2.45) is 0 Å². The van der Waals surface area contributed by atoms with Crippen molar-refractivity contribution in [3.63, 3.8) is 0 Å². The standard InChI is InChI=1S/C21H24N4O2S.ClH/c1-27-17-6-4-15(5-7-17)20-9-8-18(28-20)14-23-21(26)19-10-12-25(24-19)16-3-2-11-22-13-16;/h4-10,12,16,22H,2-3,11,13-14H2,1H3,(H,23,26);1H. The summed E-state index contributed by atoms with van der Waals surface area (Å²) < 4.78 is 7.11. The van der Waals surface area contributed by atoms with Gasteiger partial charge in [0.15, 0.2) is 0 Å². The fraction of sp³-hybridized carbons (Fsp3) is 0.333. The van der Waals surface area contributed by atoms with E-state index >= 15 is 0 Å². The predicted molar refractivity (Wildman–Crippen MR) is 118 cm³/mol. The number of carbonyl (C=O) groups excluding carboxylic acids is 1. The second kappa shape index (κ2) is 9.91. The highest BCUT2D eigenvalue weighted by molar-refractivity contribution is 7.15. The van der Waals surface area contributed by atoms with E-state index in [1.165, 1.54) is 4.88 Å². The summed E-state index contributed by atoms with van der Waals surface area (Å²) in [5.41, 5.74) is 1.61. The molecule has 154 valence electrons. The van der Waals surface area contributed by atoms with E-state index in [-0.39, 0.29) is 18.3 Å². The molecule has 1 fully saturated rings. The highest BCUT2D eigenvalue weighted by atomic mass is 35.5. The molecule has 6 nitrogen and oxygen atoms in total. The van der Waals surface area contributed by atoms with Gasteiger partial charge < -0.3 is 15.4 Å². The van der Waals surface area contributed by atoms with E-state index in [0.717, 1.165) is 42.1 Å². The number of carbonyl (C=O) groups is 1. The van der Waals surface area contributed by atoms with E-state index in [4.69, 9.17) is 4.74 Å². The molecule has 4 rings (SSSR count). The summed E-state index contributed by atoms with van der Waals surface area (Å²) in [4.78, 5) is 14.7. The van der Waals surface area contributed by atoms with Gasteiger partial charge in [0.1, 0.15) is 11.4 Å². The Morgan fingerprint density at radius 3 is 2.83 bits per heavy atom. The zero-order valence-corrected chi connectivity index (χ0v) is 17.9. The molecule has 0 bridgehead atoms. The molecular weight excluding hydrogens is 408 g/mol. The lowest BCUT2D eigenvalue weighted by Gasteiger charge is -2.22. The molecule has 3 aromatic rings. The molecule has 2 N–H and O–H groups in total. The molecule has 0 radical (unpaired) electrons. The molecule has 1 aliphatic rings. The van der Waals surface area contributed by atoms with Crippen LogP contribution in [0.25, 0.3) is 10.4 Å². The largest absolute Gasteiger partial charge is 0.497 e. The van der Waals surface area contributed by atoms with Gasteiger partial charge in [0.25, 0.3) is 5.91 Å². The van der Waals surface area contributed by atoms with E-state index in [1.807, 2.05) is 35.1 Å². The maximum Gasteiger partial charge on any atom is 0.272 e. The smallest absolute Gasteiger partial charge is 0.272 e. The van der Waals surface area contributed by atoms with Crippen LogP contribution in [0.3, 0.4) is 0 Å². The van der Waals surface area contributed by atoms with Crippen LogP contribution in [0.15, 0.2) is 48.7 Å². The Balaban J connectivity index is 0.00000240. The fourth-order valence-electron chi connectivity index (χ4n) is 3.36. The van der Waals surface area contributed by atoms with Gasteiger partial charge in [0.05, 0.1) is 19.7 Å². The highest BCUT2D eigenvalue weighted by Crippen LogP contribution is 2.29. The van der Waals surface area contributed by atoms with Crippen molar-refractivity contribution in [2.45, 2.75) is 25.4 Å². The lowest BCUT2D eigenvalue weighted by Crippen LogP contribution is -2.32. The second-order valence-electron chi connectivity index (χ2n) is 6.86. The fourth-order valence-corrected chi connectivity index (χ4v) is 4.32. The normalized spacial score (nSPS) is 16.1. The average molecular weight is 433 g/mol. The Kier molecular flexibility index (Phi) is 7.30. The van der Waals surface area contributed by atoms with E-state index in [2.05, 4.69) is 27.9 Å². The molecular formula is C21H25ClN4O2S. The van der Waals surface area contributed by atoms with Crippen LogP contribution < -0.4 is 15.4 Å². The van der Waals surface area contributed by atoms with E-state index < -0.39 is 0 Å². The summed E-state index contributed by atoms with van der Waals surface area (Å²) in [5.74, 6) is 0.707. The number of rotatable bonds is 6. The molecule has 1 saturated heterocycles. The van der Waals surface area contributed by atoms with Gasteiger partial charge in [-0.05, 0) is 67.4 Å². The minimum atomic E-state index is -0.137. The molecule has 3 heterocycles. The summed E-state index contributed by atoms with van der Waals surface area (Å²) in [6, 6.07) is 14.2. The van der Waals surface area contributed by atoms with Gasteiger partial charge in [0.2, 0.25) is 0 Å². The van der Waals surface area contributed by atoms with Gasteiger partial charge in [-0.15, -0.1) is 23.7 Å². The molecule has 8 heteroatoms. The number of methoxy groups -OCH3 is 1. The summed E-state index contributed by atoms with van der Waals surface area (Å²) in [6.07, 6.45) is 4.14. The summed E-state index contributed by atoms with van der Waals surface area (Å²) >= 11 is 1.68. The number of nitrogens with zero attached hydrogens (tertiary/aromatic N) is 2. The molecule has 2 aromatic heterocycles. The van der Waals surface area contributed by atoms with Crippen molar-refractivity contribution in [2.75, 3.05) is 20.2 Å². The van der Waals surface area contributed by atoms with Crippen LogP contribution in [0.4, 0.5) is 0 Å². The summed E-state index contributed by atoms with van der Waals surface area (Å²) in [7, 11) is 1.66. The number of thiophene rings is 1. The number of hydrogen-bond acceptors (Lipinski definition) is 5. The maximum atomic E-state index is 12.4. The monoisotopic (exact) mass is 432 g/mol. The number of nitrogens with one attached hydrogen (secondary N) is 2. The minimum Gasteiger partial charge on any atom is -0.497 e. The van der Waals surface area contributed by atoms with Gasteiger partial charge in [-0.3, -0.25) is 9.48 Å². The number of ether oxygens (including phenoxy) is 1. The number of halogens is 1. The predicted octanol–water partition coefficient (Wildman–Crippen LogP) is 3.90. The van der Waals surface area contributed by atoms with E-state index in [1.54, 1.807) is 24.5 Å². The second-order valence-corrected chi connectivity index (χ2v) is 8.03. The minimum absolute atomic E-state index is 0. The highest BCUT2D eigenvalue weighted by Gasteiger charge is 2.17. The first-order chi connectivity index (χ1) is 13.7. The first-order valence-electron chi connectivity index (χ1n) is 9.50. The molecule has 0 aliphatic carbocycles. The van der Waals surface area contributed by atoms with Crippen molar-refractivity contribution < 1.29 is 9.53 Å². The van der Waals surface area contributed by atoms with Crippen LogP contribution in [0.2, 0.25) is 0 Å². The lowest BCUT2D eigenvalue weighted by molar-refractivity contribution is 0.0945. The molecule has 1 aromatic carbocycles. The Morgan fingerprint density at radius 1 is 1.28 bits per heavy atom. The molecule has 29 heavy (non-hydrogen) atoms. The van der Waals surface area contributed by atoms with Crippen molar-refractivity contribution in [1.82, 2.24) is 20.4 Å². The van der Waals surface area contributed by atoms with E-state index in [9.17, 15) is 4.79 Å². The molecule has 1 unspecified atom stereocenters. The van der Waals surface area contributed by atoms with Crippen molar-refractivity contribution >= 4 is 29.7 Å². The number of benzene rings is 1. The van der Waals surface area contributed by atoms with Crippen molar-refractivity contribution in [1.29, 1.82) is 0 Å². The van der Waals surface area contributed by atoms with Gasteiger partial charge in [-0.1, -0.05) is 0 Å². The van der Waals surface area contributed by atoms with Gasteiger partial charge in [-0.2, -0.15) is 5.10 Å². The third kappa shape index (κ3) is 5.18. The van der Waals surface area contributed by atoms with Crippen LogP contribution >= 0.6 is 23.7 Å². The van der Waals surface area contributed by atoms with Crippen LogP contribution in [0, 0.1) is 0 Å². The first kappa shape index (κ1) is 21.4. The van der Waals surface area contributed by atoms with Crippen LogP contribution in [-0.4, -0.2) is 35.9 Å². The summed E-state index contributed by atoms with van der Waals surface area (Å²) in [6.45, 7) is 2.47. The Hall–Kier alpha value is -2.35. The number of hydrogen-bond donors (Lipinski definition) is 2. The average Bonchev–Trinajstić information content (AvgIpc) is 3.43. The lowest BCUT2D eigenvalue weighted by atomic mass is 10.1. The van der Waals surface area contributed by atoms with Crippen LogP contribution in [0.1, 0.15) is 34.2 Å². The topological polar surface area (TPSA) is 68.2 Å². The van der Waals surface area contributed by atoms with Gasteiger partial charge >= 0.3 is 0 Å². The maximum absolute atomic E-state index is 12.4. The van der Waals surface area contributed by atoms with Gasteiger partial charge in [-0.25, -0.2) is 0 Å². The number of piperidine rings is 1. The number of amides is 1. The third-order valence-electron chi connectivity index (χ3n) is 4.95. The zero-order chi connectivity index (χ0) is 19.3. The Bertz CT molecular complexity index is 932. The van der Waals surface area contributed by atoms with Gasteiger partial charge in [0, 0.05) is 22.5 Å². The van der Waals surface area contributed by atoms with Crippen LogP contribution in [-0.2, 0) is 6.54 Å². The molecule has 0 spiro atoms. The SMILES string of the molecule is COc1ccc(-c2ccc(CNC(=O)c3ccn(C4CCCNC4)n3)s2)cc1.Cl. The first-order valence-corrected chi connectivity index (χ1v) is 10.3. The molecule has 1 aliphatic heterocycles. The van der Waals surface area contributed by atoms with Crippen molar-refractivity contribution in [3.8, 4) is 16.2 Å². The van der Waals surface area contributed by atoms with Crippen molar-refractivity contribution in [3.05, 3.63) is 59.2 Å². The third-order valence-corrected chi connectivity index (χ3v) is 6.08. The Morgan fingerprint density at radius 2 is 2.10 bits per heavy atom. The van der Waals surface area contributed by atoms with E-state index in [0.29, 0.717) is 18.3 Å². The molecule has 1 amide bonds. The van der Waals surface area contributed by atoms with Crippen LogP contribution in [0.5, 0.6) is 5.75 Å². The summed E-state index contributed by atoms with van der Waals surface area (Å²) in [5, 5.41) is 10.8. The molecule has 1 atom stereocenters. The molecule has 0 saturated carbocycles. The number of aromatic nitrogens is 2. The quantitative estimate of drug-likeness (QED) is 0.620. The zero-order valence-electron chi connectivity index (χ0n) is 16.3. The Labute approximate surface area is 180 Å².